The molecule has 27 heavy (non-hydrogen) atoms. The first kappa shape index (κ1) is 17.0. The second-order valence-electron chi connectivity index (χ2n) is 6.69. The minimum Gasteiger partial charge on any atom is -0.352 e. The molecule has 1 aromatic heterocycles. The number of piperazine rings is 1. The van der Waals surface area contributed by atoms with Crippen LogP contribution in [0.5, 0.6) is 0 Å². The van der Waals surface area contributed by atoms with Crippen LogP contribution in [0.25, 0.3) is 10.9 Å². The molecule has 0 saturated carbocycles. The number of benzene rings is 2. The van der Waals surface area contributed by atoms with Gasteiger partial charge in [-0.05, 0) is 17.7 Å². The molecule has 4 rings (SSSR count). The summed E-state index contributed by atoms with van der Waals surface area (Å²) in [5, 5.41) is 10.5. The Morgan fingerprint density at radius 2 is 1.70 bits per heavy atom. The average molecular weight is 356 g/mol. The molecule has 0 aliphatic carbocycles. The smallest absolute Gasteiger partial charge is 0.227 e. The zero-order chi connectivity index (χ0) is 18.6. The molecule has 1 amide bonds. The second kappa shape index (κ2) is 7.46. The van der Waals surface area contributed by atoms with Crippen LogP contribution in [0.1, 0.15) is 11.1 Å². The maximum atomic E-state index is 12.5. The number of rotatable bonds is 3. The first-order valence-electron chi connectivity index (χ1n) is 9.11. The topological polar surface area (TPSA) is 60.2 Å². The maximum absolute atomic E-state index is 12.5. The van der Waals surface area contributed by atoms with Gasteiger partial charge in [0.2, 0.25) is 5.91 Å². The molecule has 2 heterocycles. The number of hydrogen-bond acceptors (Lipinski definition) is 4. The molecule has 1 fully saturated rings. The summed E-state index contributed by atoms with van der Waals surface area (Å²) in [5.74, 6) is 0.860. The van der Waals surface area contributed by atoms with E-state index in [2.05, 4.69) is 11.0 Å². The summed E-state index contributed by atoms with van der Waals surface area (Å²) >= 11 is 0. The molecule has 5 nitrogen and oxygen atoms in total. The number of carbonyl (C=O) groups is 1. The molecule has 134 valence electrons. The van der Waals surface area contributed by atoms with E-state index in [1.807, 2.05) is 65.6 Å². The highest BCUT2D eigenvalue weighted by Crippen LogP contribution is 2.24. The molecule has 0 unspecified atom stereocenters. The number of hydrogen-bond donors (Lipinski definition) is 0. The number of anilines is 1. The molecule has 1 aliphatic rings. The lowest BCUT2D eigenvalue weighted by molar-refractivity contribution is -0.130. The number of nitrogens with zero attached hydrogens (tertiary/aromatic N) is 4. The van der Waals surface area contributed by atoms with E-state index < -0.39 is 0 Å². The Bertz CT molecular complexity index is 1000. The highest BCUT2D eigenvalue weighted by molar-refractivity contribution is 5.83. The van der Waals surface area contributed by atoms with Crippen molar-refractivity contribution < 1.29 is 4.79 Å². The minimum atomic E-state index is 0.146. The van der Waals surface area contributed by atoms with Crippen LogP contribution in [0.4, 0.5) is 5.82 Å². The van der Waals surface area contributed by atoms with Gasteiger partial charge in [0.25, 0.3) is 0 Å². The zero-order valence-corrected chi connectivity index (χ0v) is 15.0. The summed E-state index contributed by atoms with van der Waals surface area (Å²) in [6.07, 6.45) is 0.429. The molecule has 1 saturated heterocycles. The van der Waals surface area contributed by atoms with Gasteiger partial charge in [-0.25, -0.2) is 4.98 Å². The molecule has 0 N–H and O–H groups in total. The number of amides is 1. The minimum absolute atomic E-state index is 0.146. The van der Waals surface area contributed by atoms with Crippen molar-refractivity contribution in [3.8, 4) is 6.07 Å². The molecule has 0 spiro atoms. The monoisotopic (exact) mass is 356 g/mol. The van der Waals surface area contributed by atoms with Gasteiger partial charge in [0.15, 0.2) is 0 Å². The van der Waals surface area contributed by atoms with Gasteiger partial charge < -0.3 is 9.80 Å². The Morgan fingerprint density at radius 3 is 2.44 bits per heavy atom. The molecule has 3 aromatic rings. The summed E-state index contributed by atoms with van der Waals surface area (Å²) in [6, 6.07) is 21.8. The average Bonchev–Trinajstić information content (AvgIpc) is 2.73. The molecule has 1 aliphatic heterocycles. The number of nitriles is 1. The number of pyridine rings is 1. The van der Waals surface area contributed by atoms with Gasteiger partial charge in [0, 0.05) is 31.6 Å². The van der Waals surface area contributed by atoms with Gasteiger partial charge in [-0.2, -0.15) is 5.26 Å². The maximum Gasteiger partial charge on any atom is 0.227 e. The van der Waals surface area contributed by atoms with Crippen molar-refractivity contribution in [2.24, 2.45) is 0 Å². The summed E-state index contributed by atoms with van der Waals surface area (Å²) in [6.45, 7) is 2.65. The third-order valence-electron chi connectivity index (χ3n) is 4.95. The fourth-order valence-electron chi connectivity index (χ4n) is 3.48. The van der Waals surface area contributed by atoms with Crippen LogP contribution >= 0.6 is 0 Å². The van der Waals surface area contributed by atoms with Gasteiger partial charge in [-0.15, -0.1) is 0 Å². The highest BCUT2D eigenvalue weighted by atomic mass is 16.2. The van der Waals surface area contributed by atoms with Gasteiger partial charge >= 0.3 is 0 Å². The summed E-state index contributed by atoms with van der Waals surface area (Å²) in [7, 11) is 0. The van der Waals surface area contributed by atoms with Gasteiger partial charge in [0.05, 0.1) is 17.5 Å². The molecular weight excluding hydrogens is 336 g/mol. The Kier molecular flexibility index (Phi) is 4.71. The number of aromatic nitrogens is 1. The van der Waals surface area contributed by atoms with Crippen LogP contribution in [0.3, 0.4) is 0 Å². The predicted molar refractivity (Wildman–Crippen MR) is 105 cm³/mol. The second-order valence-corrected chi connectivity index (χ2v) is 6.69. The third kappa shape index (κ3) is 3.61. The highest BCUT2D eigenvalue weighted by Gasteiger charge is 2.23. The van der Waals surface area contributed by atoms with Crippen LogP contribution in [0.2, 0.25) is 0 Å². The standard InChI is InChI=1S/C22H20N4O/c23-16-19-15-18-8-4-5-9-20(18)24-22(19)26-12-10-25(11-13-26)21(27)14-17-6-2-1-3-7-17/h1-9,15H,10-14H2. The molecular formula is C22H20N4O. The SMILES string of the molecule is N#Cc1cc2ccccc2nc1N1CCN(C(=O)Cc2ccccc2)CC1. The Balaban J connectivity index is 1.47. The van der Waals surface area contributed by atoms with E-state index in [1.165, 1.54) is 0 Å². The Morgan fingerprint density at radius 1 is 1.00 bits per heavy atom. The Labute approximate surface area is 158 Å². The van der Waals surface area contributed by atoms with Crippen molar-refractivity contribution in [1.82, 2.24) is 9.88 Å². The normalized spacial score (nSPS) is 14.2. The lowest BCUT2D eigenvalue weighted by Crippen LogP contribution is -2.49. The third-order valence-corrected chi connectivity index (χ3v) is 4.95. The summed E-state index contributed by atoms with van der Waals surface area (Å²) < 4.78 is 0. The summed E-state index contributed by atoms with van der Waals surface area (Å²) in [5.41, 5.74) is 2.50. The number of fused-ring (bicyclic) bond motifs is 1. The fourth-order valence-corrected chi connectivity index (χ4v) is 3.48. The lowest BCUT2D eigenvalue weighted by Gasteiger charge is -2.36. The van der Waals surface area contributed by atoms with E-state index in [9.17, 15) is 10.1 Å². The predicted octanol–water partition coefficient (Wildman–Crippen LogP) is 3.00. The van der Waals surface area contributed by atoms with Crippen molar-refractivity contribution in [2.75, 3.05) is 31.1 Å². The van der Waals surface area contributed by atoms with Crippen LogP contribution in [-0.4, -0.2) is 42.0 Å². The van der Waals surface area contributed by atoms with Crippen molar-refractivity contribution >= 4 is 22.6 Å². The van der Waals surface area contributed by atoms with Crippen LogP contribution in [0.15, 0.2) is 60.7 Å². The van der Waals surface area contributed by atoms with Crippen LogP contribution in [-0.2, 0) is 11.2 Å². The first-order chi connectivity index (χ1) is 13.2. The quantitative estimate of drug-likeness (QED) is 0.724. The molecule has 2 aromatic carbocycles. The van der Waals surface area contributed by atoms with Crippen molar-refractivity contribution in [3.63, 3.8) is 0 Å². The summed E-state index contributed by atoms with van der Waals surface area (Å²) in [4.78, 5) is 21.3. The lowest BCUT2D eigenvalue weighted by atomic mass is 10.1. The molecule has 5 heteroatoms. The van der Waals surface area contributed by atoms with Gasteiger partial charge in [0.1, 0.15) is 11.9 Å². The molecule has 0 bridgehead atoms. The van der Waals surface area contributed by atoms with Crippen LogP contribution in [0, 0.1) is 11.3 Å². The molecule has 0 atom stereocenters. The van der Waals surface area contributed by atoms with Gasteiger partial charge in [-0.1, -0.05) is 48.5 Å². The van der Waals surface area contributed by atoms with E-state index in [1.54, 1.807) is 0 Å². The van der Waals surface area contributed by atoms with E-state index in [0.717, 1.165) is 16.5 Å². The largest absolute Gasteiger partial charge is 0.352 e. The number of carbonyl (C=O) groups excluding carboxylic acids is 1. The van der Waals surface area contributed by atoms with E-state index >= 15 is 0 Å². The van der Waals surface area contributed by atoms with Crippen molar-refractivity contribution in [2.45, 2.75) is 6.42 Å². The van der Waals surface area contributed by atoms with Crippen LogP contribution < -0.4 is 4.90 Å². The van der Waals surface area contributed by atoms with E-state index in [0.29, 0.717) is 44.0 Å². The van der Waals surface area contributed by atoms with E-state index in [4.69, 9.17) is 4.98 Å². The number of para-hydroxylation sites is 1. The van der Waals surface area contributed by atoms with Crippen molar-refractivity contribution in [1.29, 1.82) is 5.26 Å². The first-order valence-corrected chi connectivity index (χ1v) is 9.11. The fraction of sp³-hybridized carbons (Fsp3) is 0.227. The van der Waals surface area contributed by atoms with Gasteiger partial charge in [-0.3, -0.25) is 4.79 Å². The molecule has 0 radical (unpaired) electrons. The van der Waals surface area contributed by atoms with E-state index in [-0.39, 0.29) is 5.91 Å². The van der Waals surface area contributed by atoms with Crippen molar-refractivity contribution in [3.05, 3.63) is 71.8 Å². The zero-order valence-electron chi connectivity index (χ0n) is 15.0. The Hall–Kier alpha value is -3.39.